The van der Waals surface area contributed by atoms with E-state index < -0.39 is 12.0 Å². The number of carbonyl (C=O) groups excluding carboxylic acids is 3. The van der Waals surface area contributed by atoms with E-state index in [-0.39, 0.29) is 17.9 Å². The third-order valence-electron chi connectivity index (χ3n) is 4.46. The summed E-state index contributed by atoms with van der Waals surface area (Å²) in [6.07, 6.45) is 3.27. The fourth-order valence-electron chi connectivity index (χ4n) is 3.03. The molecule has 1 aliphatic heterocycles. The number of piperidine rings is 1. The summed E-state index contributed by atoms with van der Waals surface area (Å²) in [5.41, 5.74) is 6.65. The number of benzene rings is 1. The van der Waals surface area contributed by atoms with Crippen molar-refractivity contribution in [2.24, 2.45) is 5.73 Å². The number of anilines is 1. The smallest absolute Gasteiger partial charge is 0.328 e. The molecule has 3 N–H and O–H groups in total. The molecule has 0 spiro atoms. The van der Waals surface area contributed by atoms with Gasteiger partial charge < -0.3 is 20.7 Å². The monoisotopic (exact) mass is 361 g/mol. The van der Waals surface area contributed by atoms with Crippen molar-refractivity contribution in [2.45, 2.75) is 51.1 Å². The molecule has 2 amide bonds. The van der Waals surface area contributed by atoms with Crippen LogP contribution >= 0.6 is 0 Å². The molecule has 1 aromatic carbocycles. The fraction of sp³-hybridized carbons (Fsp3) is 0.526. The maximum Gasteiger partial charge on any atom is 0.328 e. The fourth-order valence-corrected chi connectivity index (χ4v) is 3.03. The van der Waals surface area contributed by atoms with E-state index in [0.717, 1.165) is 12.8 Å². The Labute approximate surface area is 153 Å². The van der Waals surface area contributed by atoms with E-state index in [1.807, 2.05) is 6.92 Å². The zero-order valence-electron chi connectivity index (χ0n) is 15.4. The molecular formula is C19H27N3O4. The third-order valence-corrected chi connectivity index (χ3v) is 4.46. The molecule has 142 valence electrons. The normalized spacial score (nSPS) is 18.1. The minimum absolute atomic E-state index is 0.0389. The quantitative estimate of drug-likeness (QED) is 0.754. The van der Waals surface area contributed by atoms with Gasteiger partial charge in [-0.3, -0.25) is 9.59 Å². The SMILES string of the molecule is COC(=O)C1CCCCN1C(=O)c1cccc(NC(=O)CCC(C)N)c1. The number of carbonyl (C=O) groups is 3. The van der Waals surface area contributed by atoms with Crippen LogP contribution in [0.2, 0.25) is 0 Å². The van der Waals surface area contributed by atoms with E-state index in [9.17, 15) is 14.4 Å². The molecule has 1 heterocycles. The zero-order valence-corrected chi connectivity index (χ0v) is 15.4. The van der Waals surface area contributed by atoms with Crippen molar-refractivity contribution in [3.8, 4) is 0 Å². The highest BCUT2D eigenvalue weighted by Gasteiger charge is 2.33. The van der Waals surface area contributed by atoms with Gasteiger partial charge in [0.15, 0.2) is 0 Å². The molecule has 7 nitrogen and oxygen atoms in total. The highest BCUT2D eigenvalue weighted by atomic mass is 16.5. The Morgan fingerprint density at radius 1 is 1.35 bits per heavy atom. The molecule has 26 heavy (non-hydrogen) atoms. The second-order valence-electron chi connectivity index (χ2n) is 6.68. The van der Waals surface area contributed by atoms with Crippen molar-refractivity contribution in [1.82, 2.24) is 4.90 Å². The van der Waals surface area contributed by atoms with Crippen molar-refractivity contribution in [1.29, 1.82) is 0 Å². The zero-order chi connectivity index (χ0) is 19.1. The van der Waals surface area contributed by atoms with Crippen LogP contribution in [-0.2, 0) is 14.3 Å². The Kier molecular flexibility index (Phi) is 7.15. The van der Waals surface area contributed by atoms with E-state index in [2.05, 4.69) is 5.32 Å². The van der Waals surface area contributed by atoms with E-state index in [0.29, 0.717) is 37.1 Å². The lowest BCUT2D eigenvalue weighted by Gasteiger charge is -2.33. The highest BCUT2D eigenvalue weighted by Crippen LogP contribution is 2.22. The average molecular weight is 361 g/mol. The van der Waals surface area contributed by atoms with Crippen LogP contribution in [0.4, 0.5) is 5.69 Å². The van der Waals surface area contributed by atoms with Gasteiger partial charge in [-0.15, -0.1) is 0 Å². The van der Waals surface area contributed by atoms with Gasteiger partial charge >= 0.3 is 5.97 Å². The van der Waals surface area contributed by atoms with Crippen LogP contribution in [0.3, 0.4) is 0 Å². The van der Waals surface area contributed by atoms with Crippen LogP contribution in [0.25, 0.3) is 0 Å². The van der Waals surface area contributed by atoms with Gasteiger partial charge in [-0.25, -0.2) is 4.79 Å². The van der Waals surface area contributed by atoms with Crippen molar-refractivity contribution in [3.05, 3.63) is 29.8 Å². The minimum atomic E-state index is -0.550. The van der Waals surface area contributed by atoms with Gasteiger partial charge in [-0.1, -0.05) is 6.07 Å². The first-order chi connectivity index (χ1) is 12.4. The summed E-state index contributed by atoms with van der Waals surface area (Å²) >= 11 is 0. The summed E-state index contributed by atoms with van der Waals surface area (Å²) in [5.74, 6) is -0.762. The molecule has 0 saturated carbocycles. The summed E-state index contributed by atoms with van der Waals surface area (Å²) in [7, 11) is 1.33. The molecule has 7 heteroatoms. The number of ether oxygens (including phenoxy) is 1. The molecular weight excluding hydrogens is 334 g/mol. The maximum absolute atomic E-state index is 12.9. The van der Waals surface area contributed by atoms with Crippen LogP contribution in [-0.4, -0.2) is 48.4 Å². The molecule has 0 aliphatic carbocycles. The first-order valence-electron chi connectivity index (χ1n) is 8.96. The number of nitrogens with two attached hydrogens (primary N) is 1. The van der Waals surface area contributed by atoms with Crippen molar-refractivity contribution >= 4 is 23.5 Å². The number of esters is 1. The summed E-state index contributed by atoms with van der Waals surface area (Å²) in [5, 5.41) is 2.78. The van der Waals surface area contributed by atoms with Gasteiger partial charge in [-0.05, 0) is 50.8 Å². The standard InChI is InChI=1S/C19H27N3O4/c1-13(20)9-10-17(23)21-15-7-5-6-14(12-15)18(24)22-11-4-3-8-16(22)19(25)26-2/h5-7,12-13,16H,3-4,8-11,20H2,1-2H3,(H,21,23). The molecule has 0 bridgehead atoms. The van der Waals surface area contributed by atoms with Gasteiger partial charge in [0.25, 0.3) is 5.91 Å². The number of nitrogens with one attached hydrogen (secondary N) is 1. The first kappa shape index (κ1) is 19.9. The predicted octanol–water partition coefficient (Wildman–Crippen LogP) is 1.92. The molecule has 2 unspecified atom stereocenters. The van der Waals surface area contributed by atoms with Crippen LogP contribution in [0.15, 0.2) is 24.3 Å². The summed E-state index contributed by atoms with van der Waals surface area (Å²) in [6.45, 7) is 2.37. The second-order valence-corrected chi connectivity index (χ2v) is 6.68. The number of rotatable bonds is 6. The van der Waals surface area contributed by atoms with Gasteiger partial charge in [0.2, 0.25) is 5.91 Å². The van der Waals surface area contributed by atoms with E-state index >= 15 is 0 Å². The third kappa shape index (κ3) is 5.29. The van der Waals surface area contributed by atoms with Gasteiger partial charge in [-0.2, -0.15) is 0 Å². The van der Waals surface area contributed by atoms with Crippen molar-refractivity contribution in [3.63, 3.8) is 0 Å². The van der Waals surface area contributed by atoms with Crippen LogP contribution < -0.4 is 11.1 Å². The average Bonchev–Trinajstić information content (AvgIpc) is 2.65. The van der Waals surface area contributed by atoms with E-state index in [4.69, 9.17) is 10.5 Å². The Bertz CT molecular complexity index is 660. The Morgan fingerprint density at radius 3 is 2.81 bits per heavy atom. The molecule has 1 saturated heterocycles. The number of hydrogen-bond donors (Lipinski definition) is 2. The lowest BCUT2D eigenvalue weighted by Crippen LogP contribution is -2.48. The molecule has 2 atom stereocenters. The molecule has 1 aromatic rings. The molecule has 1 fully saturated rings. The second kappa shape index (κ2) is 9.33. The minimum Gasteiger partial charge on any atom is -0.467 e. The lowest BCUT2D eigenvalue weighted by molar-refractivity contribution is -0.147. The van der Waals surface area contributed by atoms with Gasteiger partial charge in [0.05, 0.1) is 7.11 Å². The van der Waals surface area contributed by atoms with Crippen LogP contribution in [0.5, 0.6) is 0 Å². The predicted molar refractivity (Wildman–Crippen MR) is 98.6 cm³/mol. The number of likely N-dealkylation sites (tertiary alicyclic amines) is 1. The molecule has 0 aromatic heterocycles. The summed E-state index contributed by atoms with van der Waals surface area (Å²) < 4.78 is 4.83. The summed E-state index contributed by atoms with van der Waals surface area (Å²) in [6, 6.07) is 6.17. The van der Waals surface area contributed by atoms with Crippen LogP contribution in [0.1, 0.15) is 49.4 Å². The van der Waals surface area contributed by atoms with Gasteiger partial charge in [0, 0.05) is 30.3 Å². The number of amides is 2. The molecule has 2 rings (SSSR count). The lowest BCUT2D eigenvalue weighted by atomic mass is 10.0. The first-order valence-corrected chi connectivity index (χ1v) is 8.96. The van der Waals surface area contributed by atoms with Crippen molar-refractivity contribution in [2.75, 3.05) is 19.0 Å². The van der Waals surface area contributed by atoms with Gasteiger partial charge in [0.1, 0.15) is 6.04 Å². The number of nitrogens with zero attached hydrogens (tertiary/aromatic N) is 1. The number of methoxy groups -OCH3 is 1. The van der Waals surface area contributed by atoms with Crippen LogP contribution in [0, 0.1) is 0 Å². The molecule has 0 radical (unpaired) electrons. The maximum atomic E-state index is 12.9. The van der Waals surface area contributed by atoms with Crippen molar-refractivity contribution < 1.29 is 19.1 Å². The largest absolute Gasteiger partial charge is 0.467 e. The summed E-state index contributed by atoms with van der Waals surface area (Å²) in [4.78, 5) is 38.4. The Hall–Kier alpha value is -2.41. The topological polar surface area (TPSA) is 102 Å². The Balaban J connectivity index is 2.09. The molecule has 1 aliphatic rings. The Morgan fingerprint density at radius 2 is 2.12 bits per heavy atom. The number of hydrogen-bond acceptors (Lipinski definition) is 5. The highest BCUT2D eigenvalue weighted by molar-refractivity contribution is 5.99. The van der Waals surface area contributed by atoms with E-state index in [1.165, 1.54) is 7.11 Å². The van der Waals surface area contributed by atoms with E-state index in [1.54, 1.807) is 29.2 Å².